The van der Waals surface area contributed by atoms with Crippen molar-refractivity contribution in [3.05, 3.63) is 35.8 Å². The summed E-state index contributed by atoms with van der Waals surface area (Å²) in [5, 5.41) is 7.44. The Bertz CT molecular complexity index is 786. The third kappa shape index (κ3) is 4.98. The lowest BCUT2D eigenvalue weighted by Crippen LogP contribution is -2.33. The van der Waals surface area contributed by atoms with Crippen LogP contribution in [0.4, 0.5) is 10.8 Å². The van der Waals surface area contributed by atoms with Crippen LogP contribution in [0.25, 0.3) is 0 Å². The number of hydrogen-bond acceptors (Lipinski definition) is 6. The Hall–Kier alpha value is -2.04. The minimum atomic E-state index is -3.68. The third-order valence-corrected chi connectivity index (χ3v) is 5.03. The molecule has 1 aromatic heterocycles. The van der Waals surface area contributed by atoms with Gasteiger partial charge in [-0.05, 0) is 36.5 Å². The van der Waals surface area contributed by atoms with E-state index in [-0.39, 0.29) is 15.9 Å². The number of sulfonamides is 1. The molecule has 23 heavy (non-hydrogen) atoms. The van der Waals surface area contributed by atoms with Crippen molar-refractivity contribution in [2.75, 3.05) is 10.0 Å². The van der Waals surface area contributed by atoms with Crippen LogP contribution < -0.4 is 15.4 Å². The number of nitrogens with zero attached hydrogens (tertiary/aromatic N) is 1. The molecule has 0 spiro atoms. The molecule has 0 fully saturated rings. The summed E-state index contributed by atoms with van der Waals surface area (Å²) in [5.74, 6) is -0.200. The second-order valence-electron chi connectivity index (χ2n) is 4.32. The maximum Gasteiger partial charge on any atom is 0.263 e. The molecule has 7 nitrogen and oxygen atoms in total. The zero-order valence-electron chi connectivity index (χ0n) is 12.1. The molecule has 0 unspecified atom stereocenters. The highest BCUT2D eigenvalue weighted by molar-refractivity contribution is 7.93. The van der Waals surface area contributed by atoms with Gasteiger partial charge in [-0.2, -0.15) is 0 Å². The van der Waals surface area contributed by atoms with Gasteiger partial charge in [0.1, 0.15) is 0 Å². The number of rotatable bonds is 5. The number of thiazole rings is 1. The maximum atomic E-state index is 12.2. The molecule has 10 heteroatoms. The highest BCUT2D eigenvalue weighted by Gasteiger charge is 2.15. The van der Waals surface area contributed by atoms with Crippen molar-refractivity contribution >= 4 is 55.4 Å². The standard InChI is InChI=1S/C13H14N4O3S3/c1-2-11(18)16-12(21)15-9-3-5-10(6-4-9)23(19,20)17-13-14-7-8-22-13/h3-8H,2H2,1H3,(H,14,17)(H2,15,16,18,21). The first-order chi connectivity index (χ1) is 10.9. The second-order valence-corrected chi connectivity index (χ2v) is 7.31. The zero-order chi connectivity index (χ0) is 16.9. The lowest BCUT2D eigenvalue weighted by molar-refractivity contribution is -0.119. The molecule has 0 atom stereocenters. The molecule has 1 aromatic carbocycles. The Morgan fingerprint density at radius 1 is 1.30 bits per heavy atom. The van der Waals surface area contributed by atoms with Gasteiger partial charge in [0, 0.05) is 23.7 Å². The fraction of sp³-hybridized carbons (Fsp3) is 0.154. The highest BCUT2D eigenvalue weighted by atomic mass is 32.2. The molecule has 0 aliphatic carbocycles. The van der Waals surface area contributed by atoms with E-state index in [0.29, 0.717) is 17.2 Å². The third-order valence-electron chi connectivity index (χ3n) is 2.65. The number of carbonyl (C=O) groups is 1. The van der Waals surface area contributed by atoms with Crippen LogP contribution in [0, 0.1) is 0 Å². The smallest absolute Gasteiger partial charge is 0.263 e. The summed E-state index contributed by atoms with van der Waals surface area (Å²) < 4.78 is 26.7. The van der Waals surface area contributed by atoms with E-state index < -0.39 is 10.0 Å². The van der Waals surface area contributed by atoms with Crippen LogP contribution in [-0.4, -0.2) is 24.4 Å². The molecular formula is C13H14N4O3S3. The van der Waals surface area contributed by atoms with Crippen molar-refractivity contribution in [2.45, 2.75) is 18.2 Å². The molecule has 0 saturated heterocycles. The first-order valence-corrected chi connectivity index (χ1v) is 9.31. The number of amides is 1. The first kappa shape index (κ1) is 17.3. The SMILES string of the molecule is CCC(=O)NC(=S)Nc1ccc(S(=O)(=O)Nc2nccs2)cc1. The average molecular weight is 370 g/mol. The molecular weight excluding hydrogens is 356 g/mol. The van der Waals surface area contributed by atoms with Gasteiger partial charge < -0.3 is 10.6 Å². The molecule has 3 N–H and O–H groups in total. The molecule has 1 amide bonds. The normalized spacial score (nSPS) is 10.8. The lowest BCUT2D eigenvalue weighted by atomic mass is 10.3. The molecule has 1 heterocycles. The van der Waals surface area contributed by atoms with Gasteiger partial charge in [0.2, 0.25) is 5.91 Å². The van der Waals surface area contributed by atoms with Gasteiger partial charge in [0.05, 0.1) is 4.90 Å². The van der Waals surface area contributed by atoms with E-state index in [1.165, 1.54) is 29.7 Å². The first-order valence-electron chi connectivity index (χ1n) is 6.54. The molecule has 122 valence electrons. The Morgan fingerprint density at radius 3 is 2.57 bits per heavy atom. The van der Waals surface area contributed by atoms with Crippen molar-refractivity contribution < 1.29 is 13.2 Å². The van der Waals surface area contributed by atoms with E-state index >= 15 is 0 Å². The van der Waals surface area contributed by atoms with Crippen molar-refractivity contribution in [1.82, 2.24) is 10.3 Å². The van der Waals surface area contributed by atoms with Gasteiger partial charge in [-0.3, -0.25) is 9.52 Å². The quantitative estimate of drug-likeness (QED) is 0.698. The lowest BCUT2D eigenvalue weighted by Gasteiger charge is -2.10. The Balaban J connectivity index is 2.04. The molecule has 2 aromatic rings. The van der Waals surface area contributed by atoms with Crippen LogP contribution in [0.15, 0.2) is 40.7 Å². The molecule has 0 aliphatic rings. The fourth-order valence-electron chi connectivity index (χ4n) is 1.54. The van der Waals surface area contributed by atoms with Crippen LogP contribution in [0.1, 0.15) is 13.3 Å². The Morgan fingerprint density at radius 2 is 2.00 bits per heavy atom. The van der Waals surface area contributed by atoms with Crippen LogP contribution >= 0.6 is 23.6 Å². The summed E-state index contributed by atoms with van der Waals surface area (Å²) >= 11 is 6.17. The largest absolute Gasteiger partial charge is 0.332 e. The summed E-state index contributed by atoms with van der Waals surface area (Å²) in [4.78, 5) is 15.2. The minimum Gasteiger partial charge on any atom is -0.332 e. The summed E-state index contributed by atoms with van der Waals surface area (Å²) in [6, 6.07) is 5.98. The molecule has 0 saturated carbocycles. The van der Waals surface area contributed by atoms with Gasteiger partial charge in [0.25, 0.3) is 10.0 Å². The van der Waals surface area contributed by atoms with Gasteiger partial charge in [-0.1, -0.05) is 6.92 Å². The molecule has 0 radical (unpaired) electrons. The fourth-order valence-corrected chi connectivity index (χ4v) is 3.56. The van der Waals surface area contributed by atoms with E-state index in [4.69, 9.17) is 12.2 Å². The molecule has 0 aliphatic heterocycles. The van der Waals surface area contributed by atoms with E-state index in [0.717, 1.165) is 0 Å². The van der Waals surface area contributed by atoms with E-state index in [2.05, 4.69) is 20.3 Å². The van der Waals surface area contributed by atoms with Crippen LogP contribution in [0.2, 0.25) is 0 Å². The topological polar surface area (TPSA) is 100 Å². The number of nitrogens with one attached hydrogen (secondary N) is 3. The Kier molecular flexibility index (Phi) is 5.64. The van der Waals surface area contributed by atoms with E-state index in [1.54, 1.807) is 24.4 Å². The predicted molar refractivity (Wildman–Crippen MR) is 94.0 cm³/mol. The van der Waals surface area contributed by atoms with Crippen molar-refractivity contribution in [2.24, 2.45) is 0 Å². The molecule has 0 bridgehead atoms. The molecule has 2 rings (SSSR count). The number of aromatic nitrogens is 1. The summed E-state index contributed by atoms with van der Waals surface area (Å²) in [7, 11) is -3.68. The van der Waals surface area contributed by atoms with Gasteiger partial charge in [0.15, 0.2) is 10.2 Å². The number of hydrogen-bond donors (Lipinski definition) is 3. The average Bonchev–Trinajstić information content (AvgIpc) is 2.99. The monoisotopic (exact) mass is 370 g/mol. The Labute approximate surface area is 143 Å². The van der Waals surface area contributed by atoms with Crippen LogP contribution in [-0.2, 0) is 14.8 Å². The van der Waals surface area contributed by atoms with Crippen molar-refractivity contribution in [1.29, 1.82) is 0 Å². The van der Waals surface area contributed by atoms with Gasteiger partial charge >= 0.3 is 0 Å². The van der Waals surface area contributed by atoms with Crippen LogP contribution in [0.3, 0.4) is 0 Å². The van der Waals surface area contributed by atoms with E-state index in [1.807, 2.05) is 0 Å². The number of thiocarbonyl (C=S) groups is 1. The number of benzene rings is 1. The highest BCUT2D eigenvalue weighted by Crippen LogP contribution is 2.19. The summed E-state index contributed by atoms with van der Waals surface area (Å²) in [5.41, 5.74) is 0.569. The summed E-state index contributed by atoms with van der Waals surface area (Å²) in [6.07, 6.45) is 1.84. The second kappa shape index (κ2) is 7.49. The zero-order valence-corrected chi connectivity index (χ0v) is 14.5. The predicted octanol–water partition coefficient (Wildman–Crippen LogP) is 2.17. The van der Waals surface area contributed by atoms with Crippen molar-refractivity contribution in [3.8, 4) is 0 Å². The minimum absolute atomic E-state index is 0.0989. The van der Waals surface area contributed by atoms with Gasteiger partial charge in [-0.25, -0.2) is 13.4 Å². The number of carbonyl (C=O) groups excluding carboxylic acids is 1. The van der Waals surface area contributed by atoms with E-state index in [9.17, 15) is 13.2 Å². The summed E-state index contributed by atoms with van der Waals surface area (Å²) in [6.45, 7) is 1.72. The van der Waals surface area contributed by atoms with Gasteiger partial charge in [-0.15, -0.1) is 11.3 Å². The van der Waals surface area contributed by atoms with Crippen molar-refractivity contribution in [3.63, 3.8) is 0 Å². The van der Waals surface area contributed by atoms with Crippen LogP contribution in [0.5, 0.6) is 0 Å². The number of anilines is 2. The maximum absolute atomic E-state index is 12.2.